The minimum Gasteiger partial charge on any atom is -0.494 e. The maximum Gasteiger partial charge on any atom is 0.271 e. The van der Waals surface area contributed by atoms with Crippen molar-refractivity contribution in [2.45, 2.75) is 20.8 Å². The van der Waals surface area contributed by atoms with Crippen molar-refractivity contribution in [3.63, 3.8) is 0 Å². The number of hydrogen-bond donors (Lipinski definition) is 1. The van der Waals surface area contributed by atoms with Crippen molar-refractivity contribution >= 4 is 23.5 Å². The fourth-order valence-corrected chi connectivity index (χ4v) is 3.38. The van der Waals surface area contributed by atoms with Gasteiger partial charge in [0.05, 0.1) is 12.8 Å². The molecule has 6 nitrogen and oxygen atoms in total. The molecule has 2 heterocycles. The highest BCUT2D eigenvalue weighted by atomic mass is 32.1. The molecule has 0 aliphatic carbocycles. The SMILES string of the molecule is CCOc1ccc(C(=O)N/N=C\c2cc(C)n(-c3nccs3)c2C)cc1. The van der Waals surface area contributed by atoms with Crippen LogP contribution in [0.3, 0.4) is 0 Å². The number of aromatic nitrogens is 2. The number of benzene rings is 1. The third kappa shape index (κ3) is 3.83. The molecule has 0 fully saturated rings. The predicted octanol–water partition coefficient (Wildman–Crippen LogP) is 3.71. The molecule has 1 aromatic carbocycles. The van der Waals surface area contributed by atoms with Crippen LogP contribution in [0, 0.1) is 13.8 Å². The van der Waals surface area contributed by atoms with E-state index < -0.39 is 0 Å². The lowest BCUT2D eigenvalue weighted by Gasteiger charge is -2.04. The smallest absolute Gasteiger partial charge is 0.271 e. The molecule has 0 bridgehead atoms. The minimum absolute atomic E-state index is 0.266. The molecule has 3 rings (SSSR count). The Morgan fingerprint density at radius 1 is 1.35 bits per heavy atom. The Hall–Kier alpha value is -2.93. The number of ether oxygens (including phenoxy) is 1. The average Bonchev–Trinajstić information content (AvgIpc) is 3.24. The lowest BCUT2D eigenvalue weighted by atomic mass is 10.2. The first-order valence-electron chi connectivity index (χ1n) is 8.25. The molecule has 26 heavy (non-hydrogen) atoms. The summed E-state index contributed by atoms with van der Waals surface area (Å²) in [5.41, 5.74) is 6.11. The monoisotopic (exact) mass is 368 g/mol. The number of carbonyl (C=O) groups is 1. The van der Waals surface area contributed by atoms with Crippen LogP contribution in [0.1, 0.15) is 34.2 Å². The minimum atomic E-state index is -0.266. The van der Waals surface area contributed by atoms with Gasteiger partial charge in [-0.15, -0.1) is 11.3 Å². The van der Waals surface area contributed by atoms with Crippen LogP contribution in [0.2, 0.25) is 0 Å². The van der Waals surface area contributed by atoms with Crippen molar-refractivity contribution < 1.29 is 9.53 Å². The van der Waals surface area contributed by atoms with Crippen LogP contribution < -0.4 is 10.2 Å². The summed E-state index contributed by atoms with van der Waals surface area (Å²) in [7, 11) is 0. The van der Waals surface area contributed by atoms with Gasteiger partial charge in [0, 0.05) is 34.1 Å². The molecule has 0 spiro atoms. The molecule has 134 valence electrons. The molecule has 0 saturated heterocycles. The highest BCUT2D eigenvalue weighted by Gasteiger charge is 2.11. The molecule has 7 heteroatoms. The van der Waals surface area contributed by atoms with Gasteiger partial charge in [-0.25, -0.2) is 10.4 Å². The van der Waals surface area contributed by atoms with Crippen LogP contribution in [-0.4, -0.2) is 28.3 Å². The highest BCUT2D eigenvalue weighted by molar-refractivity contribution is 7.12. The molecule has 1 N–H and O–H groups in total. The fourth-order valence-electron chi connectivity index (χ4n) is 2.63. The molecule has 0 unspecified atom stereocenters. The number of amides is 1. The molecule has 1 amide bonds. The van der Waals surface area contributed by atoms with Gasteiger partial charge < -0.3 is 4.74 Å². The normalized spacial score (nSPS) is 11.0. The Labute approximate surface area is 156 Å². The van der Waals surface area contributed by atoms with Gasteiger partial charge in [-0.05, 0) is 51.1 Å². The zero-order chi connectivity index (χ0) is 18.5. The second-order valence-corrected chi connectivity index (χ2v) is 6.51. The van der Waals surface area contributed by atoms with E-state index >= 15 is 0 Å². The lowest BCUT2D eigenvalue weighted by Crippen LogP contribution is -2.17. The summed E-state index contributed by atoms with van der Waals surface area (Å²) in [6.45, 7) is 6.53. The van der Waals surface area contributed by atoms with Crippen molar-refractivity contribution in [2.75, 3.05) is 6.61 Å². The van der Waals surface area contributed by atoms with Gasteiger partial charge in [0.2, 0.25) is 0 Å². The van der Waals surface area contributed by atoms with Gasteiger partial charge in [0.15, 0.2) is 5.13 Å². The van der Waals surface area contributed by atoms with Crippen LogP contribution in [0.4, 0.5) is 0 Å². The molecule has 0 saturated carbocycles. The Morgan fingerprint density at radius 2 is 2.12 bits per heavy atom. The molecular formula is C19H20N4O2S. The number of rotatable bonds is 6. The van der Waals surface area contributed by atoms with Crippen LogP contribution in [-0.2, 0) is 0 Å². The number of aryl methyl sites for hydroxylation is 1. The summed E-state index contributed by atoms with van der Waals surface area (Å²) < 4.78 is 7.44. The van der Waals surface area contributed by atoms with Gasteiger partial charge >= 0.3 is 0 Å². The maximum atomic E-state index is 12.2. The summed E-state index contributed by atoms with van der Waals surface area (Å²) in [4.78, 5) is 16.5. The average molecular weight is 368 g/mol. The Kier molecular flexibility index (Phi) is 5.48. The Morgan fingerprint density at radius 3 is 2.77 bits per heavy atom. The molecule has 2 aromatic heterocycles. The first-order valence-corrected chi connectivity index (χ1v) is 9.13. The van der Waals surface area contributed by atoms with Gasteiger partial charge in [0.1, 0.15) is 5.75 Å². The van der Waals surface area contributed by atoms with E-state index in [2.05, 4.69) is 20.1 Å². The van der Waals surface area contributed by atoms with Crippen molar-refractivity contribution in [3.8, 4) is 10.9 Å². The fraction of sp³-hybridized carbons (Fsp3) is 0.211. The Bertz CT molecular complexity index is 912. The molecule has 0 atom stereocenters. The molecule has 3 aromatic rings. The van der Waals surface area contributed by atoms with E-state index in [1.165, 1.54) is 0 Å². The molecule has 0 aliphatic heterocycles. The third-order valence-electron chi connectivity index (χ3n) is 3.88. The third-order valence-corrected chi connectivity index (χ3v) is 4.63. The highest BCUT2D eigenvalue weighted by Crippen LogP contribution is 2.21. The van der Waals surface area contributed by atoms with Crippen molar-refractivity contribution in [3.05, 3.63) is 64.4 Å². The van der Waals surface area contributed by atoms with Crippen LogP contribution >= 0.6 is 11.3 Å². The number of nitrogens with zero attached hydrogens (tertiary/aromatic N) is 3. The maximum absolute atomic E-state index is 12.2. The molecule has 0 aliphatic rings. The number of hydrazone groups is 1. The molecular weight excluding hydrogens is 348 g/mol. The van der Waals surface area contributed by atoms with Crippen LogP contribution in [0.25, 0.3) is 5.13 Å². The summed E-state index contributed by atoms with van der Waals surface area (Å²) >= 11 is 1.58. The first-order chi connectivity index (χ1) is 12.6. The van der Waals surface area contributed by atoms with E-state index in [-0.39, 0.29) is 5.91 Å². The van der Waals surface area contributed by atoms with Gasteiger partial charge in [-0.1, -0.05) is 0 Å². The number of carbonyl (C=O) groups excluding carboxylic acids is 1. The topological polar surface area (TPSA) is 68.5 Å². The van der Waals surface area contributed by atoms with E-state index in [1.807, 2.05) is 32.2 Å². The van der Waals surface area contributed by atoms with E-state index in [9.17, 15) is 4.79 Å². The first kappa shape index (κ1) is 17.9. The van der Waals surface area contributed by atoms with Crippen LogP contribution in [0.15, 0.2) is 47.0 Å². The number of thiazole rings is 1. The Balaban J connectivity index is 1.69. The van der Waals surface area contributed by atoms with E-state index in [1.54, 1.807) is 48.0 Å². The van der Waals surface area contributed by atoms with Gasteiger partial charge in [-0.2, -0.15) is 5.10 Å². The van der Waals surface area contributed by atoms with Crippen LogP contribution in [0.5, 0.6) is 5.75 Å². The largest absolute Gasteiger partial charge is 0.494 e. The lowest BCUT2D eigenvalue weighted by molar-refractivity contribution is 0.0955. The standard InChI is InChI=1S/C19H20N4O2S/c1-4-25-17-7-5-15(6-8-17)18(24)22-21-12-16-11-13(2)23(14(16)3)19-20-9-10-26-19/h5-12H,4H2,1-3H3,(H,22,24)/b21-12-. The predicted molar refractivity (Wildman–Crippen MR) is 104 cm³/mol. The summed E-state index contributed by atoms with van der Waals surface area (Å²) in [6.07, 6.45) is 3.43. The second-order valence-electron chi connectivity index (χ2n) is 5.63. The quantitative estimate of drug-likeness (QED) is 0.533. The van der Waals surface area contributed by atoms with E-state index in [0.717, 1.165) is 27.8 Å². The summed E-state index contributed by atoms with van der Waals surface area (Å²) in [5.74, 6) is 0.472. The summed E-state index contributed by atoms with van der Waals surface area (Å²) in [5, 5.41) is 6.95. The van der Waals surface area contributed by atoms with Gasteiger partial charge in [0.25, 0.3) is 5.91 Å². The van der Waals surface area contributed by atoms with Crippen molar-refractivity contribution in [1.29, 1.82) is 0 Å². The number of hydrogen-bond acceptors (Lipinski definition) is 5. The summed E-state index contributed by atoms with van der Waals surface area (Å²) in [6, 6.07) is 8.98. The van der Waals surface area contributed by atoms with E-state index in [4.69, 9.17) is 4.74 Å². The molecule has 0 radical (unpaired) electrons. The zero-order valence-corrected chi connectivity index (χ0v) is 15.7. The van der Waals surface area contributed by atoms with E-state index in [0.29, 0.717) is 12.2 Å². The number of nitrogens with one attached hydrogen (secondary N) is 1. The van der Waals surface area contributed by atoms with Crippen molar-refractivity contribution in [1.82, 2.24) is 15.0 Å². The van der Waals surface area contributed by atoms with Crippen molar-refractivity contribution in [2.24, 2.45) is 5.10 Å². The second kappa shape index (κ2) is 7.97. The zero-order valence-electron chi connectivity index (χ0n) is 14.9. The van der Waals surface area contributed by atoms with Gasteiger partial charge in [-0.3, -0.25) is 9.36 Å².